The smallest absolute Gasteiger partial charge is 0.205 e. The van der Waals surface area contributed by atoms with Crippen LogP contribution in [0.4, 0.5) is 0 Å². The van der Waals surface area contributed by atoms with Crippen LogP contribution in [0.5, 0.6) is 0 Å². The molecular formula is C26H46N4O2. The molecule has 5 aliphatic rings. The number of guanidine groups is 1. The minimum Gasteiger partial charge on any atom is -0.393 e. The van der Waals surface area contributed by atoms with E-state index in [9.17, 15) is 10.2 Å². The van der Waals surface area contributed by atoms with Crippen LogP contribution in [0.1, 0.15) is 90.9 Å². The molecule has 0 spiro atoms. The minimum absolute atomic E-state index is 0.0635. The van der Waals surface area contributed by atoms with Crippen LogP contribution in [0.25, 0.3) is 0 Å². The Balaban J connectivity index is 1.19. The number of nitrogens with zero attached hydrogens (tertiary/aromatic N) is 1. The average molecular weight is 447 g/mol. The van der Waals surface area contributed by atoms with E-state index in [0.717, 1.165) is 70.5 Å². The van der Waals surface area contributed by atoms with Gasteiger partial charge in [0.25, 0.3) is 0 Å². The van der Waals surface area contributed by atoms with Gasteiger partial charge in [-0.1, -0.05) is 13.8 Å². The summed E-state index contributed by atoms with van der Waals surface area (Å²) in [6.45, 7) is 7.75. The summed E-state index contributed by atoms with van der Waals surface area (Å²) in [5.74, 6) is 3.24. The quantitative estimate of drug-likeness (QED) is 0.330. The van der Waals surface area contributed by atoms with Crippen LogP contribution in [0, 0.1) is 34.5 Å². The maximum absolute atomic E-state index is 12.3. The topological polar surface area (TPSA) is 88.9 Å². The highest BCUT2D eigenvalue weighted by Gasteiger charge is 2.66. The normalized spacial score (nSPS) is 48.1. The molecule has 0 aromatic rings. The largest absolute Gasteiger partial charge is 0.393 e. The second-order valence-corrected chi connectivity index (χ2v) is 12.2. The second-order valence-electron chi connectivity index (χ2n) is 12.2. The number of rotatable bonds is 5. The Morgan fingerprint density at radius 2 is 1.94 bits per heavy atom. The highest BCUT2D eigenvalue weighted by atomic mass is 16.3. The van der Waals surface area contributed by atoms with E-state index in [1.807, 2.05) is 0 Å². The third-order valence-electron chi connectivity index (χ3n) is 11.0. The molecule has 0 radical (unpaired) electrons. The van der Waals surface area contributed by atoms with Gasteiger partial charge in [-0.15, -0.1) is 0 Å². The molecule has 0 saturated heterocycles. The Morgan fingerprint density at radius 1 is 1.06 bits per heavy atom. The van der Waals surface area contributed by atoms with Crippen molar-refractivity contribution in [2.45, 2.75) is 103 Å². The SMILES string of the molecule is C[C@]12CC[C@H](O)C[C@H]1CC[C@@H]1[C@@H]2CC[C@]2(C)[C@@H](CCCNNC3=NCCCN3)CC[C@]12O. The van der Waals surface area contributed by atoms with Gasteiger partial charge in [-0.3, -0.25) is 10.4 Å². The van der Waals surface area contributed by atoms with E-state index in [2.05, 4.69) is 35.0 Å². The van der Waals surface area contributed by atoms with Crippen molar-refractivity contribution in [2.75, 3.05) is 19.6 Å². The first-order chi connectivity index (χ1) is 15.4. The van der Waals surface area contributed by atoms with Crippen LogP contribution in [0.15, 0.2) is 4.99 Å². The van der Waals surface area contributed by atoms with Crippen molar-refractivity contribution in [1.82, 2.24) is 16.2 Å². The first kappa shape index (κ1) is 22.9. The van der Waals surface area contributed by atoms with Crippen molar-refractivity contribution >= 4 is 5.96 Å². The highest BCUT2D eigenvalue weighted by molar-refractivity contribution is 5.79. The lowest BCUT2D eigenvalue weighted by Gasteiger charge is -2.63. The van der Waals surface area contributed by atoms with Crippen LogP contribution < -0.4 is 16.2 Å². The molecule has 0 aromatic carbocycles. The van der Waals surface area contributed by atoms with Crippen LogP contribution in [-0.2, 0) is 0 Å². The Kier molecular flexibility index (Phi) is 6.26. The lowest BCUT2D eigenvalue weighted by molar-refractivity contribution is -0.210. The molecule has 6 nitrogen and oxygen atoms in total. The summed E-state index contributed by atoms with van der Waals surface area (Å²) >= 11 is 0. The molecule has 4 aliphatic carbocycles. The molecule has 5 N–H and O–H groups in total. The number of fused-ring (bicyclic) bond motifs is 5. The lowest BCUT2D eigenvalue weighted by atomic mass is 9.43. The lowest BCUT2D eigenvalue weighted by Crippen LogP contribution is -2.62. The van der Waals surface area contributed by atoms with Gasteiger partial charge in [0.15, 0.2) is 0 Å². The molecular weight excluding hydrogens is 400 g/mol. The van der Waals surface area contributed by atoms with Crippen LogP contribution in [0.3, 0.4) is 0 Å². The summed E-state index contributed by atoms with van der Waals surface area (Å²) in [5.41, 5.74) is 6.44. The molecule has 6 heteroatoms. The van der Waals surface area contributed by atoms with Gasteiger partial charge in [-0.25, -0.2) is 5.43 Å². The summed E-state index contributed by atoms with van der Waals surface area (Å²) in [7, 11) is 0. The Bertz CT molecular complexity index is 716. The predicted octanol–water partition coefficient (Wildman–Crippen LogP) is 3.34. The first-order valence-corrected chi connectivity index (χ1v) is 13.5. The maximum atomic E-state index is 12.3. The fraction of sp³-hybridized carbons (Fsp3) is 0.962. The summed E-state index contributed by atoms with van der Waals surface area (Å²) in [4.78, 5) is 4.44. The number of aliphatic imine (C=N–C) groups is 1. The molecule has 1 heterocycles. The van der Waals surface area contributed by atoms with Crippen molar-refractivity contribution < 1.29 is 10.2 Å². The van der Waals surface area contributed by atoms with Crippen molar-refractivity contribution in [2.24, 2.45) is 39.5 Å². The zero-order valence-corrected chi connectivity index (χ0v) is 20.3. The van der Waals surface area contributed by atoms with Crippen LogP contribution >= 0.6 is 0 Å². The summed E-state index contributed by atoms with van der Waals surface area (Å²) in [6, 6.07) is 0. The van der Waals surface area contributed by atoms with Crippen molar-refractivity contribution in [3.8, 4) is 0 Å². The van der Waals surface area contributed by atoms with Crippen molar-refractivity contribution in [3.05, 3.63) is 0 Å². The Hall–Kier alpha value is -0.850. The van der Waals surface area contributed by atoms with Gasteiger partial charge in [-0.2, -0.15) is 0 Å². The molecule has 4 saturated carbocycles. The van der Waals surface area contributed by atoms with Crippen molar-refractivity contribution in [3.63, 3.8) is 0 Å². The highest BCUT2D eigenvalue weighted by Crippen LogP contribution is 2.69. The van der Waals surface area contributed by atoms with E-state index in [0.29, 0.717) is 29.1 Å². The molecule has 0 unspecified atom stereocenters. The fourth-order valence-electron chi connectivity index (χ4n) is 8.98. The zero-order chi connectivity index (χ0) is 22.4. The van der Waals surface area contributed by atoms with Crippen molar-refractivity contribution in [1.29, 1.82) is 0 Å². The van der Waals surface area contributed by atoms with E-state index in [1.165, 1.54) is 32.1 Å². The molecule has 0 amide bonds. The second kappa shape index (κ2) is 8.74. The van der Waals surface area contributed by atoms with Gasteiger partial charge >= 0.3 is 0 Å². The van der Waals surface area contributed by atoms with E-state index in [-0.39, 0.29) is 11.5 Å². The standard InChI is InChI=1S/C26H46N4O2/c1-24-11-9-20(31)17-19(24)6-7-22-21(24)10-12-25(2)18(8-13-26(22,25)32)5-3-16-29-30-23-27-14-4-15-28-23/h18-22,29,31-32H,3-17H2,1-2H3,(H2,27,28,30)/t18-,19+,20-,21-,22+,24-,25+,26-/m0/s1. The molecule has 8 atom stereocenters. The van der Waals surface area contributed by atoms with Gasteiger partial charge in [-0.05, 0) is 112 Å². The summed E-state index contributed by atoms with van der Waals surface area (Å²) in [6.07, 6.45) is 13.4. The minimum atomic E-state index is -0.489. The molecule has 1 aliphatic heterocycles. The average Bonchev–Trinajstić information content (AvgIpc) is 3.06. The maximum Gasteiger partial charge on any atom is 0.205 e. The third-order valence-corrected chi connectivity index (χ3v) is 11.0. The molecule has 32 heavy (non-hydrogen) atoms. The molecule has 0 aromatic heterocycles. The number of hydrogen-bond acceptors (Lipinski definition) is 6. The number of nitrogens with one attached hydrogen (secondary N) is 3. The Labute approximate surface area is 194 Å². The van der Waals surface area contributed by atoms with Gasteiger partial charge in [0, 0.05) is 19.6 Å². The number of aliphatic hydroxyl groups is 2. The van der Waals surface area contributed by atoms with Gasteiger partial charge in [0.05, 0.1) is 11.7 Å². The van der Waals surface area contributed by atoms with Gasteiger partial charge in [0.2, 0.25) is 5.96 Å². The monoisotopic (exact) mass is 446 g/mol. The molecule has 5 rings (SSSR count). The van der Waals surface area contributed by atoms with Gasteiger partial charge in [0.1, 0.15) is 0 Å². The van der Waals surface area contributed by atoms with Crippen LogP contribution in [0.2, 0.25) is 0 Å². The fourth-order valence-corrected chi connectivity index (χ4v) is 8.98. The van der Waals surface area contributed by atoms with E-state index < -0.39 is 5.60 Å². The predicted molar refractivity (Wildman–Crippen MR) is 128 cm³/mol. The Morgan fingerprint density at radius 3 is 2.75 bits per heavy atom. The molecule has 4 fully saturated rings. The number of hydrogen-bond donors (Lipinski definition) is 5. The van der Waals surface area contributed by atoms with E-state index >= 15 is 0 Å². The van der Waals surface area contributed by atoms with E-state index in [1.54, 1.807) is 0 Å². The number of hydrazine groups is 1. The number of aliphatic hydroxyl groups excluding tert-OH is 1. The summed E-state index contributed by atoms with van der Waals surface area (Å²) < 4.78 is 0. The molecule has 0 bridgehead atoms. The molecule has 182 valence electrons. The third kappa shape index (κ3) is 3.69. The first-order valence-electron chi connectivity index (χ1n) is 13.5. The zero-order valence-electron chi connectivity index (χ0n) is 20.3. The summed E-state index contributed by atoms with van der Waals surface area (Å²) in [5, 5.41) is 25.8. The van der Waals surface area contributed by atoms with Crippen LogP contribution in [-0.4, -0.2) is 47.5 Å². The van der Waals surface area contributed by atoms with E-state index in [4.69, 9.17) is 0 Å². The van der Waals surface area contributed by atoms with Gasteiger partial charge < -0.3 is 15.5 Å².